The Bertz CT molecular complexity index is 714. The van der Waals surface area contributed by atoms with Crippen LogP contribution in [0.5, 0.6) is 0 Å². The minimum absolute atomic E-state index is 0.127. The summed E-state index contributed by atoms with van der Waals surface area (Å²) in [6, 6.07) is 15.0. The number of carbonyl (C=O) groups excluding carboxylic acids is 2. The third-order valence-electron chi connectivity index (χ3n) is 3.52. The molecule has 0 fully saturated rings. The summed E-state index contributed by atoms with van der Waals surface area (Å²) in [4.78, 5) is 23.3. The zero-order chi connectivity index (χ0) is 17.5. The molecule has 5 heteroatoms. The predicted octanol–water partition coefficient (Wildman–Crippen LogP) is 3.50. The third-order valence-corrected chi connectivity index (χ3v) is 3.52. The Hall–Kier alpha value is -2.66. The Morgan fingerprint density at radius 2 is 1.79 bits per heavy atom. The van der Waals surface area contributed by atoms with Crippen LogP contribution in [0.15, 0.2) is 48.5 Å². The van der Waals surface area contributed by atoms with Crippen molar-refractivity contribution in [3.05, 3.63) is 59.7 Å². The molecular formula is C19H22N2O3. The highest BCUT2D eigenvalue weighted by Crippen LogP contribution is 2.20. The Morgan fingerprint density at radius 3 is 2.42 bits per heavy atom. The van der Waals surface area contributed by atoms with Gasteiger partial charge in [-0.2, -0.15) is 0 Å². The molecule has 24 heavy (non-hydrogen) atoms. The first-order valence-corrected chi connectivity index (χ1v) is 7.80. The van der Waals surface area contributed by atoms with Gasteiger partial charge >= 0.3 is 0 Å². The first kappa shape index (κ1) is 17.7. The van der Waals surface area contributed by atoms with Crippen molar-refractivity contribution >= 4 is 23.2 Å². The maximum absolute atomic E-state index is 12.2. The summed E-state index contributed by atoms with van der Waals surface area (Å²) < 4.78 is 5.60. The van der Waals surface area contributed by atoms with Crippen LogP contribution in [0.2, 0.25) is 0 Å². The molecule has 0 aliphatic rings. The standard InChI is InChI=1S/C19H22N2O3/c1-13-11-17(9-10-18(13)20-15(3)22)21-19(23)14(2)24-12-16-7-5-4-6-8-16/h4-11,14H,12H2,1-3H3,(H,20,22)(H,21,23). The highest BCUT2D eigenvalue weighted by atomic mass is 16.5. The highest BCUT2D eigenvalue weighted by Gasteiger charge is 2.14. The lowest BCUT2D eigenvalue weighted by atomic mass is 10.1. The van der Waals surface area contributed by atoms with Crippen LogP contribution in [0.1, 0.15) is 25.0 Å². The predicted molar refractivity (Wildman–Crippen MR) is 94.8 cm³/mol. The molecule has 0 aromatic heterocycles. The van der Waals surface area contributed by atoms with Crippen molar-refractivity contribution in [1.82, 2.24) is 0 Å². The Morgan fingerprint density at radius 1 is 1.08 bits per heavy atom. The third kappa shape index (κ3) is 5.21. The maximum Gasteiger partial charge on any atom is 0.253 e. The number of anilines is 2. The zero-order valence-electron chi connectivity index (χ0n) is 14.1. The van der Waals surface area contributed by atoms with Crippen LogP contribution in [-0.2, 0) is 20.9 Å². The number of benzene rings is 2. The van der Waals surface area contributed by atoms with Crippen LogP contribution in [0.4, 0.5) is 11.4 Å². The average molecular weight is 326 g/mol. The van der Waals surface area contributed by atoms with Gasteiger partial charge in [-0.25, -0.2) is 0 Å². The van der Waals surface area contributed by atoms with E-state index in [1.54, 1.807) is 19.1 Å². The first-order valence-electron chi connectivity index (χ1n) is 7.80. The topological polar surface area (TPSA) is 67.4 Å². The second kappa shape index (κ2) is 8.26. The maximum atomic E-state index is 12.2. The van der Waals surface area contributed by atoms with Gasteiger partial charge in [-0.3, -0.25) is 9.59 Å². The van der Waals surface area contributed by atoms with Gasteiger partial charge in [-0.15, -0.1) is 0 Å². The van der Waals surface area contributed by atoms with Crippen molar-refractivity contribution in [1.29, 1.82) is 0 Å². The lowest BCUT2D eigenvalue weighted by molar-refractivity contribution is -0.127. The van der Waals surface area contributed by atoms with Gasteiger partial charge in [0.05, 0.1) is 6.61 Å². The van der Waals surface area contributed by atoms with E-state index < -0.39 is 6.10 Å². The normalized spacial score (nSPS) is 11.6. The van der Waals surface area contributed by atoms with Crippen LogP contribution >= 0.6 is 0 Å². The fourth-order valence-corrected chi connectivity index (χ4v) is 2.19. The van der Waals surface area contributed by atoms with Gasteiger partial charge < -0.3 is 15.4 Å². The first-order chi connectivity index (χ1) is 11.5. The number of amides is 2. The van der Waals surface area contributed by atoms with Crippen molar-refractivity contribution in [3.8, 4) is 0 Å². The van der Waals surface area contributed by atoms with Crippen molar-refractivity contribution in [2.24, 2.45) is 0 Å². The van der Waals surface area contributed by atoms with E-state index >= 15 is 0 Å². The fraction of sp³-hybridized carbons (Fsp3) is 0.263. The van der Waals surface area contributed by atoms with E-state index in [2.05, 4.69) is 10.6 Å². The van der Waals surface area contributed by atoms with Gasteiger partial charge in [0, 0.05) is 18.3 Å². The minimum atomic E-state index is -0.569. The lowest BCUT2D eigenvalue weighted by Crippen LogP contribution is -2.27. The largest absolute Gasteiger partial charge is 0.364 e. The molecule has 2 amide bonds. The molecule has 5 nitrogen and oxygen atoms in total. The van der Waals surface area contributed by atoms with Gasteiger partial charge in [-0.1, -0.05) is 30.3 Å². The van der Waals surface area contributed by atoms with Crippen LogP contribution < -0.4 is 10.6 Å². The van der Waals surface area contributed by atoms with E-state index in [-0.39, 0.29) is 11.8 Å². The summed E-state index contributed by atoms with van der Waals surface area (Å²) in [5.41, 5.74) is 3.30. The molecule has 1 atom stereocenters. The van der Waals surface area contributed by atoms with Crippen LogP contribution in [0, 0.1) is 6.92 Å². The summed E-state index contributed by atoms with van der Waals surface area (Å²) in [5.74, 6) is -0.338. The minimum Gasteiger partial charge on any atom is -0.364 e. The lowest BCUT2D eigenvalue weighted by Gasteiger charge is -2.15. The molecule has 2 rings (SSSR count). The van der Waals surface area contributed by atoms with E-state index in [4.69, 9.17) is 4.74 Å². The summed E-state index contributed by atoms with van der Waals surface area (Å²) in [6.07, 6.45) is -0.569. The Labute approximate surface area is 142 Å². The van der Waals surface area contributed by atoms with Gasteiger partial charge in [-0.05, 0) is 43.2 Å². The zero-order valence-corrected chi connectivity index (χ0v) is 14.1. The van der Waals surface area contributed by atoms with Crippen LogP contribution in [0.25, 0.3) is 0 Å². The summed E-state index contributed by atoms with van der Waals surface area (Å²) in [6.45, 7) is 5.43. The van der Waals surface area contributed by atoms with E-state index in [1.807, 2.05) is 43.3 Å². The van der Waals surface area contributed by atoms with Crippen molar-refractivity contribution in [2.45, 2.75) is 33.5 Å². The van der Waals surface area contributed by atoms with Crippen molar-refractivity contribution in [2.75, 3.05) is 10.6 Å². The van der Waals surface area contributed by atoms with Gasteiger partial charge in [0.15, 0.2) is 0 Å². The quantitative estimate of drug-likeness (QED) is 0.854. The summed E-state index contributed by atoms with van der Waals surface area (Å²) >= 11 is 0. The SMILES string of the molecule is CC(=O)Nc1ccc(NC(=O)C(C)OCc2ccccc2)cc1C. The smallest absolute Gasteiger partial charge is 0.253 e. The molecule has 2 aromatic carbocycles. The second-order valence-corrected chi connectivity index (χ2v) is 5.64. The molecular weight excluding hydrogens is 304 g/mol. The molecule has 0 aliphatic carbocycles. The summed E-state index contributed by atoms with van der Waals surface area (Å²) in [7, 11) is 0. The molecule has 0 aliphatic heterocycles. The molecule has 0 saturated carbocycles. The van der Waals surface area contributed by atoms with Crippen LogP contribution in [0.3, 0.4) is 0 Å². The van der Waals surface area contributed by atoms with E-state index in [1.165, 1.54) is 6.92 Å². The van der Waals surface area contributed by atoms with Gasteiger partial charge in [0.25, 0.3) is 5.91 Å². The number of nitrogens with one attached hydrogen (secondary N) is 2. The van der Waals surface area contributed by atoms with Gasteiger partial charge in [0.1, 0.15) is 6.10 Å². The summed E-state index contributed by atoms with van der Waals surface area (Å²) in [5, 5.41) is 5.56. The Kier molecular flexibility index (Phi) is 6.09. The highest BCUT2D eigenvalue weighted by molar-refractivity contribution is 5.95. The van der Waals surface area contributed by atoms with Crippen molar-refractivity contribution < 1.29 is 14.3 Å². The number of hydrogen-bond donors (Lipinski definition) is 2. The van der Waals surface area contributed by atoms with E-state index in [0.717, 1.165) is 16.8 Å². The average Bonchev–Trinajstić information content (AvgIpc) is 2.55. The van der Waals surface area contributed by atoms with Crippen molar-refractivity contribution in [3.63, 3.8) is 0 Å². The molecule has 0 bridgehead atoms. The van der Waals surface area contributed by atoms with E-state index in [0.29, 0.717) is 12.3 Å². The van der Waals surface area contributed by atoms with Gasteiger partial charge in [0.2, 0.25) is 5.91 Å². The van der Waals surface area contributed by atoms with E-state index in [9.17, 15) is 9.59 Å². The molecule has 2 aromatic rings. The molecule has 0 spiro atoms. The monoisotopic (exact) mass is 326 g/mol. The molecule has 126 valence electrons. The molecule has 1 unspecified atom stereocenters. The molecule has 0 saturated heterocycles. The number of ether oxygens (including phenoxy) is 1. The fourth-order valence-electron chi connectivity index (χ4n) is 2.19. The van der Waals surface area contributed by atoms with Crippen LogP contribution in [-0.4, -0.2) is 17.9 Å². The molecule has 0 radical (unpaired) electrons. The second-order valence-electron chi connectivity index (χ2n) is 5.64. The number of rotatable bonds is 6. The number of carbonyl (C=O) groups is 2. The number of hydrogen-bond acceptors (Lipinski definition) is 3. The molecule has 2 N–H and O–H groups in total. The Balaban J connectivity index is 1.91. The number of aryl methyl sites for hydroxylation is 1. The molecule has 0 heterocycles.